The van der Waals surface area contributed by atoms with Crippen LogP contribution in [0.1, 0.15) is 31.4 Å². The van der Waals surface area contributed by atoms with Crippen LogP contribution in [0, 0.1) is 6.92 Å². The number of nitrogens with zero attached hydrogens (tertiary/aromatic N) is 2. The van der Waals surface area contributed by atoms with E-state index in [4.69, 9.17) is 0 Å². The predicted octanol–water partition coefficient (Wildman–Crippen LogP) is 1.50. The van der Waals surface area contributed by atoms with Crippen molar-refractivity contribution in [1.82, 2.24) is 9.97 Å². The van der Waals surface area contributed by atoms with Gasteiger partial charge < -0.3 is 10.4 Å². The molecule has 0 saturated heterocycles. The van der Waals surface area contributed by atoms with Gasteiger partial charge in [0.1, 0.15) is 12.1 Å². The van der Waals surface area contributed by atoms with Gasteiger partial charge in [0.15, 0.2) is 0 Å². The highest BCUT2D eigenvalue weighted by molar-refractivity contribution is 5.36. The molecule has 2 rings (SSSR count). The molecule has 1 heterocycles. The number of aromatic nitrogens is 2. The Morgan fingerprint density at radius 1 is 1.33 bits per heavy atom. The highest BCUT2D eigenvalue weighted by Gasteiger charge is 2.22. The molecule has 1 saturated carbocycles. The first-order valence-electron chi connectivity index (χ1n) is 5.49. The minimum absolute atomic E-state index is 0.146. The summed E-state index contributed by atoms with van der Waals surface area (Å²) in [5, 5.41) is 13.1. The second-order valence-corrected chi connectivity index (χ2v) is 4.15. The molecule has 0 bridgehead atoms. The molecule has 1 aromatic heterocycles. The molecule has 1 aliphatic carbocycles. The maximum Gasteiger partial charge on any atom is 0.129 e. The minimum atomic E-state index is -0.242. The molecule has 82 valence electrons. The Labute approximate surface area is 89.8 Å². The molecule has 2 atom stereocenters. The molecule has 4 nitrogen and oxygen atoms in total. The monoisotopic (exact) mass is 207 g/mol. The van der Waals surface area contributed by atoms with Gasteiger partial charge in [-0.3, -0.25) is 0 Å². The number of aliphatic hydroxyl groups is 1. The van der Waals surface area contributed by atoms with E-state index in [1.165, 1.54) is 6.42 Å². The van der Waals surface area contributed by atoms with Crippen molar-refractivity contribution in [1.29, 1.82) is 0 Å². The molecule has 1 aromatic rings. The summed E-state index contributed by atoms with van der Waals surface area (Å²) in [6.07, 6.45) is 5.52. The lowest BCUT2D eigenvalue weighted by Gasteiger charge is -2.28. The fourth-order valence-electron chi connectivity index (χ4n) is 2.00. The van der Waals surface area contributed by atoms with Gasteiger partial charge in [0.2, 0.25) is 0 Å². The molecule has 0 radical (unpaired) electrons. The number of rotatable bonds is 2. The lowest BCUT2D eigenvalue weighted by atomic mass is 9.92. The van der Waals surface area contributed by atoms with Crippen LogP contribution in [-0.4, -0.2) is 27.2 Å². The normalized spacial score (nSPS) is 26.3. The number of aliphatic hydroxyl groups excluding tert-OH is 1. The molecule has 2 unspecified atom stereocenters. The minimum Gasteiger partial charge on any atom is -0.391 e. The SMILES string of the molecule is Cc1cc(NC2CCCCC2O)ncn1. The summed E-state index contributed by atoms with van der Waals surface area (Å²) in [5.41, 5.74) is 0.942. The van der Waals surface area contributed by atoms with E-state index in [1.807, 2.05) is 13.0 Å². The first kappa shape index (κ1) is 10.4. The number of hydrogen-bond acceptors (Lipinski definition) is 4. The van der Waals surface area contributed by atoms with E-state index in [2.05, 4.69) is 15.3 Å². The third-order valence-corrected chi connectivity index (χ3v) is 2.87. The molecule has 1 aliphatic rings. The lowest BCUT2D eigenvalue weighted by molar-refractivity contribution is 0.116. The zero-order valence-corrected chi connectivity index (χ0v) is 8.98. The van der Waals surface area contributed by atoms with Crippen molar-refractivity contribution < 1.29 is 5.11 Å². The summed E-state index contributed by atoms with van der Waals surface area (Å²) in [6.45, 7) is 1.93. The Hall–Kier alpha value is -1.16. The zero-order chi connectivity index (χ0) is 10.7. The highest BCUT2D eigenvalue weighted by atomic mass is 16.3. The van der Waals surface area contributed by atoms with E-state index >= 15 is 0 Å². The summed E-state index contributed by atoms with van der Waals surface area (Å²) in [6, 6.07) is 2.05. The van der Waals surface area contributed by atoms with Crippen LogP contribution in [-0.2, 0) is 0 Å². The van der Waals surface area contributed by atoms with Crippen LogP contribution >= 0.6 is 0 Å². The quantitative estimate of drug-likeness (QED) is 0.771. The van der Waals surface area contributed by atoms with Crippen molar-refractivity contribution >= 4 is 5.82 Å². The molecular weight excluding hydrogens is 190 g/mol. The fourth-order valence-corrected chi connectivity index (χ4v) is 2.00. The maximum atomic E-state index is 9.79. The maximum absolute atomic E-state index is 9.79. The molecule has 15 heavy (non-hydrogen) atoms. The van der Waals surface area contributed by atoms with Crippen molar-refractivity contribution in [2.45, 2.75) is 44.8 Å². The zero-order valence-electron chi connectivity index (χ0n) is 8.98. The molecular formula is C11H17N3O. The Kier molecular flexibility index (Phi) is 3.16. The first-order valence-corrected chi connectivity index (χ1v) is 5.49. The van der Waals surface area contributed by atoms with Crippen LogP contribution in [0.4, 0.5) is 5.82 Å². The third-order valence-electron chi connectivity index (χ3n) is 2.87. The standard InChI is InChI=1S/C11H17N3O/c1-8-6-11(13-7-12-8)14-9-4-2-3-5-10(9)15/h6-7,9-10,15H,2-5H2,1H3,(H,12,13,14). The summed E-state index contributed by atoms with van der Waals surface area (Å²) in [4.78, 5) is 8.17. The Morgan fingerprint density at radius 3 is 2.87 bits per heavy atom. The summed E-state index contributed by atoms with van der Waals surface area (Å²) in [7, 11) is 0. The summed E-state index contributed by atoms with van der Waals surface area (Å²) < 4.78 is 0. The second kappa shape index (κ2) is 4.57. The van der Waals surface area contributed by atoms with Crippen LogP contribution in [0.15, 0.2) is 12.4 Å². The topological polar surface area (TPSA) is 58.0 Å². The van der Waals surface area contributed by atoms with Crippen molar-refractivity contribution in [2.75, 3.05) is 5.32 Å². The Balaban J connectivity index is 2.01. The second-order valence-electron chi connectivity index (χ2n) is 4.15. The number of hydrogen-bond donors (Lipinski definition) is 2. The smallest absolute Gasteiger partial charge is 0.129 e. The molecule has 0 aliphatic heterocycles. The van der Waals surface area contributed by atoms with Crippen molar-refractivity contribution in [2.24, 2.45) is 0 Å². The van der Waals surface area contributed by atoms with Gasteiger partial charge in [0.25, 0.3) is 0 Å². The van der Waals surface area contributed by atoms with E-state index in [0.717, 1.165) is 30.8 Å². The number of nitrogens with one attached hydrogen (secondary N) is 1. The molecule has 2 N–H and O–H groups in total. The third kappa shape index (κ3) is 2.65. The molecule has 0 amide bonds. The van der Waals surface area contributed by atoms with Crippen molar-refractivity contribution in [3.63, 3.8) is 0 Å². The van der Waals surface area contributed by atoms with E-state index in [-0.39, 0.29) is 12.1 Å². The Morgan fingerprint density at radius 2 is 2.13 bits per heavy atom. The van der Waals surface area contributed by atoms with Crippen LogP contribution in [0.5, 0.6) is 0 Å². The van der Waals surface area contributed by atoms with E-state index < -0.39 is 0 Å². The van der Waals surface area contributed by atoms with Gasteiger partial charge in [-0.05, 0) is 19.8 Å². The van der Waals surface area contributed by atoms with Crippen molar-refractivity contribution in [3.8, 4) is 0 Å². The largest absolute Gasteiger partial charge is 0.391 e. The van der Waals surface area contributed by atoms with Gasteiger partial charge in [0, 0.05) is 11.8 Å². The van der Waals surface area contributed by atoms with Gasteiger partial charge in [-0.25, -0.2) is 9.97 Å². The van der Waals surface area contributed by atoms with E-state index in [0.29, 0.717) is 0 Å². The van der Waals surface area contributed by atoms with Crippen molar-refractivity contribution in [3.05, 3.63) is 18.1 Å². The average molecular weight is 207 g/mol. The average Bonchev–Trinajstić information content (AvgIpc) is 2.22. The van der Waals surface area contributed by atoms with E-state index in [9.17, 15) is 5.11 Å². The van der Waals surface area contributed by atoms with Crippen LogP contribution in [0.3, 0.4) is 0 Å². The van der Waals surface area contributed by atoms with Crippen LogP contribution in [0.25, 0.3) is 0 Å². The van der Waals surface area contributed by atoms with Crippen LogP contribution < -0.4 is 5.32 Å². The molecule has 1 fully saturated rings. The fraction of sp³-hybridized carbons (Fsp3) is 0.636. The summed E-state index contributed by atoms with van der Waals surface area (Å²) >= 11 is 0. The van der Waals surface area contributed by atoms with E-state index in [1.54, 1.807) is 6.33 Å². The number of aryl methyl sites for hydroxylation is 1. The first-order chi connectivity index (χ1) is 7.25. The molecule has 0 spiro atoms. The molecule has 0 aromatic carbocycles. The van der Waals surface area contributed by atoms with Gasteiger partial charge in [-0.1, -0.05) is 12.8 Å². The summed E-state index contributed by atoms with van der Waals surface area (Å²) in [5.74, 6) is 0.813. The lowest BCUT2D eigenvalue weighted by Crippen LogP contribution is -2.36. The van der Waals surface area contributed by atoms with Gasteiger partial charge in [-0.2, -0.15) is 0 Å². The van der Waals surface area contributed by atoms with Crippen LogP contribution in [0.2, 0.25) is 0 Å². The molecule has 4 heteroatoms. The predicted molar refractivity (Wildman–Crippen MR) is 58.7 cm³/mol. The Bertz CT molecular complexity index is 329. The highest BCUT2D eigenvalue weighted by Crippen LogP contribution is 2.21. The van der Waals surface area contributed by atoms with Gasteiger partial charge >= 0.3 is 0 Å². The van der Waals surface area contributed by atoms with Gasteiger partial charge in [0.05, 0.1) is 12.1 Å². The number of anilines is 1. The van der Waals surface area contributed by atoms with Gasteiger partial charge in [-0.15, -0.1) is 0 Å².